The highest BCUT2D eigenvalue weighted by Crippen LogP contribution is 2.08. The van der Waals surface area contributed by atoms with Crippen LogP contribution >= 0.6 is 0 Å². The van der Waals surface area contributed by atoms with Crippen molar-refractivity contribution in [2.75, 3.05) is 19.6 Å². The van der Waals surface area contributed by atoms with Crippen LogP contribution in [0.5, 0.6) is 0 Å². The number of hydrogen-bond acceptors (Lipinski definition) is 3. The number of rotatable bonds is 4. The van der Waals surface area contributed by atoms with E-state index in [-0.39, 0.29) is 11.9 Å². The molecule has 4 heteroatoms. The van der Waals surface area contributed by atoms with Gasteiger partial charge in [-0.25, -0.2) is 0 Å². The fraction of sp³-hybridized carbons (Fsp3) is 0.909. The van der Waals surface area contributed by atoms with Gasteiger partial charge in [-0.3, -0.25) is 4.79 Å². The monoisotopic (exact) mass is 213 g/mol. The lowest BCUT2D eigenvalue weighted by Gasteiger charge is -2.30. The molecule has 3 N–H and O–H groups in total. The molecule has 1 atom stereocenters. The van der Waals surface area contributed by atoms with Crippen molar-refractivity contribution in [3.05, 3.63) is 0 Å². The molecule has 88 valence electrons. The molecule has 0 aromatic carbocycles. The molecule has 0 aromatic rings. The van der Waals surface area contributed by atoms with Crippen LogP contribution in [0.4, 0.5) is 0 Å². The number of carbonyl (C=O) groups is 1. The summed E-state index contributed by atoms with van der Waals surface area (Å²) >= 11 is 0. The van der Waals surface area contributed by atoms with Crippen LogP contribution in [0.15, 0.2) is 0 Å². The van der Waals surface area contributed by atoms with Crippen molar-refractivity contribution in [3.63, 3.8) is 0 Å². The summed E-state index contributed by atoms with van der Waals surface area (Å²) in [4.78, 5) is 13.7. The van der Waals surface area contributed by atoms with E-state index in [9.17, 15) is 4.79 Å². The minimum atomic E-state index is 0.143. The largest absolute Gasteiger partial charge is 0.354 e. The molecule has 0 saturated carbocycles. The SMILES string of the molecule is CC(C)NC(=O)CCN1CCC[C@@H](N)C1. The lowest BCUT2D eigenvalue weighted by Crippen LogP contribution is -2.44. The summed E-state index contributed by atoms with van der Waals surface area (Å²) in [6.45, 7) is 6.83. The third-order valence-electron chi connectivity index (χ3n) is 2.65. The standard InChI is InChI=1S/C11H23N3O/c1-9(2)13-11(15)5-7-14-6-3-4-10(12)8-14/h9-10H,3-8,12H2,1-2H3,(H,13,15)/t10-/m1/s1. The highest BCUT2D eigenvalue weighted by atomic mass is 16.1. The minimum absolute atomic E-state index is 0.143. The van der Waals surface area contributed by atoms with Crippen LogP contribution in [0.1, 0.15) is 33.1 Å². The molecule has 0 spiro atoms. The Bertz CT molecular complexity index is 206. The normalized spacial score (nSPS) is 23.1. The number of hydrogen-bond donors (Lipinski definition) is 2. The number of likely N-dealkylation sites (tertiary alicyclic amines) is 1. The Labute approximate surface area is 92.2 Å². The van der Waals surface area contributed by atoms with Gasteiger partial charge in [-0.2, -0.15) is 0 Å². The van der Waals surface area contributed by atoms with Crippen LogP contribution in [-0.2, 0) is 4.79 Å². The molecule has 1 aliphatic heterocycles. The molecule has 0 unspecified atom stereocenters. The second-order valence-electron chi connectivity index (χ2n) is 4.68. The lowest BCUT2D eigenvalue weighted by molar-refractivity contribution is -0.122. The molecule has 0 aromatic heterocycles. The van der Waals surface area contributed by atoms with Crippen LogP contribution < -0.4 is 11.1 Å². The Morgan fingerprint density at radius 3 is 2.93 bits per heavy atom. The van der Waals surface area contributed by atoms with Gasteiger partial charge < -0.3 is 16.0 Å². The zero-order valence-corrected chi connectivity index (χ0v) is 9.83. The second-order valence-corrected chi connectivity index (χ2v) is 4.68. The molecule has 1 saturated heterocycles. The van der Waals surface area contributed by atoms with Gasteiger partial charge in [0.1, 0.15) is 0 Å². The first-order valence-corrected chi connectivity index (χ1v) is 5.85. The van der Waals surface area contributed by atoms with Gasteiger partial charge in [0.05, 0.1) is 0 Å². The smallest absolute Gasteiger partial charge is 0.221 e. The van der Waals surface area contributed by atoms with E-state index in [0.717, 1.165) is 32.5 Å². The number of piperidine rings is 1. The van der Waals surface area contributed by atoms with Gasteiger partial charge in [0.15, 0.2) is 0 Å². The van der Waals surface area contributed by atoms with Crippen LogP contribution in [0.25, 0.3) is 0 Å². The zero-order chi connectivity index (χ0) is 11.3. The molecule has 4 nitrogen and oxygen atoms in total. The van der Waals surface area contributed by atoms with Crippen molar-refractivity contribution in [3.8, 4) is 0 Å². The average Bonchev–Trinajstić information content (AvgIpc) is 2.14. The maximum absolute atomic E-state index is 11.4. The van der Waals surface area contributed by atoms with E-state index in [1.54, 1.807) is 0 Å². The quantitative estimate of drug-likeness (QED) is 0.707. The van der Waals surface area contributed by atoms with E-state index < -0.39 is 0 Å². The van der Waals surface area contributed by atoms with Crippen LogP contribution in [-0.4, -0.2) is 42.5 Å². The summed E-state index contributed by atoms with van der Waals surface area (Å²) in [5.41, 5.74) is 5.87. The van der Waals surface area contributed by atoms with Crippen molar-refractivity contribution in [1.29, 1.82) is 0 Å². The molecule has 1 rings (SSSR count). The molecule has 0 bridgehead atoms. The van der Waals surface area contributed by atoms with E-state index in [0.29, 0.717) is 12.5 Å². The highest BCUT2D eigenvalue weighted by Gasteiger charge is 2.16. The van der Waals surface area contributed by atoms with E-state index in [2.05, 4.69) is 10.2 Å². The molecular formula is C11H23N3O. The molecule has 0 aliphatic carbocycles. The maximum Gasteiger partial charge on any atom is 0.221 e. The summed E-state index contributed by atoms with van der Waals surface area (Å²) in [6, 6.07) is 0.535. The summed E-state index contributed by atoms with van der Waals surface area (Å²) in [7, 11) is 0. The summed E-state index contributed by atoms with van der Waals surface area (Å²) in [5, 5.41) is 2.90. The second kappa shape index (κ2) is 6.08. The van der Waals surface area contributed by atoms with E-state index in [1.165, 1.54) is 0 Å². The number of nitrogens with one attached hydrogen (secondary N) is 1. The fourth-order valence-corrected chi connectivity index (χ4v) is 1.95. The van der Waals surface area contributed by atoms with E-state index in [4.69, 9.17) is 5.73 Å². The molecule has 1 aliphatic rings. The lowest BCUT2D eigenvalue weighted by atomic mass is 10.1. The fourth-order valence-electron chi connectivity index (χ4n) is 1.95. The summed E-state index contributed by atoms with van der Waals surface area (Å²) < 4.78 is 0. The van der Waals surface area contributed by atoms with Gasteiger partial charge in [-0.1, -0.05) is 0 Å². The van der Waals surface area contributed by atoms with Crippen LogP contribution in [0.2, 0.25) is 0 Å². The molecule has 15 heavy (non-hydrogen) atoms. The van der Waals surface area contributed by atoms with Gasteiger partial charge >= 0.3 is 0 Å². The molecular weight excluding hydrogens is 190 g/mol. The Morgan fingerprint density at radius 2 is 2.33 bits per heavy atom. The Balaban J connectivity index is 2.16. The maximum atomic E-state index is 11.4. The summed E-state index contributed by atoms with van der Waals surface area (Å²) in [6.07, 6.45) is 2.87. The van der Waals surface area contributed by atoms with Gasteiger partial charge in [-0.05, 0) is 33.2 Å². The first kappa shape index (κ1) is 12.5. The Kier molecular flexibility index (Phi) is 5.05. The predicted octanol–water partition coefficient (Wildman–Crippen LogP) is 0.324. The van der Waals surface area contributed by atoms with Crippen LogP contribution in [0, 0.1) is 0 Å². The average molecular weight is 213 g/mol. The molecule has 1 heterocycles. The van der Waals surface area contributed by atoms with Gasteiger partial charge in [0, 0.05) is 31.6 Å². The van der Waals surface area contributed by atoms with Crippen molar-refractivity contribution >= 4 is 5.91 Å². The first-order valence-electron chi connectivity index (χ1n) is 5.85. The number of nitrogens with zero attached hydrogens (tertiary/aromatic N) is 1. The molecule has 0 radical (unpaired) electrons. The minimum Gasteiger partial charge on any atom is -0.354 e. The van der Waals surface area contributed by atoms with Gasteiger partial charge in [0.25, 0.3) is 0 Å². The van der Waals surface area contributed by atoms with Crippen molar-refractivity contribution in [1.82, 2.24) is 10.2 Å². The van der Waals surface area contributed by atoms with E-state index >= 15 is 0 Å². The molecule has 1 amide bonds. The van der Waals surface area contributed by atoms with E-state index in [1.807, 2.05) is 13.8 Å². The Morgan fingerprint density at radius 1 is 1.60 bits per heavy atom. The van der Waals surface area contributed by atoms with Gasteiger partial charge in [-0.15, -0.1) is 0 Å². The first-order chi connectivity index (χ1) is 7.08. The Hall–Kier alpha value is -0.610. The number of amides is 1. The highest BCUT2D eigenvalue weighted by molar-refractivity contribution is 5.76. The molecule has 1 fully saturated rings. The van der Waals surface area contributed by atoms with Gasteiger partial charge in [0.2, 0.25) is 5.91 Å². The van der Waals surface area contributed by atoms with Crippen LogP contribution in [0.3, 0.4) is 0 Å². The number of nitrogens with two attached hydrogens (primary N) is 1. The van der Waals surface area contributed by atoms with Crippen molar-refractivity contribution in [2.24, 2.45) is 5.73 Å². The number of carbonyl (C=O) groups excluding carboxylic acids is 1. The third kappa shape index (κ3) is 5.14. The topological polar surface area (TPSA) is 58.4 Å². The zero-order valence-electron chi connectivity index (χ0n) is 9.83. The predicted molar refractivity (Wildman–Crippen MR) is 61.5 cm³/mol. The summed E-state index contributed by atoms with van der Waals surface area (Å²) in [5.74, 6) is 0.143. The third-order valence-corrected chi connectivity index (χ3v) is 2.65. The van der Waals surface area contributed by atoms with Crippen molar-refractivity contribution in [2.45, 2.75) is 45.2 Å². The van der Waals surface area contributed by atoms with Crippen molar-refractivity contribution < 1.29 is 4.79 Å².